The van der Waals surface area contributed by atoms with Gasteiger partial charge in [-0.2, -0.15) is 5.26 Å². The van der Waals surface area contributed by atoms with Gasteiger partial charge in [0.25, 0.3) is 0 Å². The summed E-state index contributed by atoms with van der Waals surface area (Å²) in [4.78, 5) is 23.5. The number of rotatable bonds is 4. The van der Waals surface area contributed by atoms with E-state index in [-0.39, 0.29) is 29.3 Å². The third-order valence-electron chi connectivity index (χ3n) is 4.90. The summed E-state index contributed by atoms with van der Waals surface area (Å²) in [5.74, 6) is -1.26. The normalized spacial score (nSPS) is 11.8. The zero-order valence-electron chi connectivity index (χ0n) is 15.3. The molecule has 2 N–H and O–H groups in total. The molecule has 1 aliphatic carbocycles. The summed E-state index contributed by atoms with van der Waals surface area (Å²) in [5, 5.41) is 20.7. The number of fused-ring (bicyclic) bond motifs is 3. The van der Waals surface area contributed by atoms with Crippen LogP contribution in [-0.2, 0) is 4.74 Å². The lowest BCUT2D eigenvalue weighted by molar-refractivity contribution is 0.0696. The Kier molecular flexibility index (Phi) is 4.71. The second-order valence-electron chi connectivity index (χ2n) is 6.67. The summed E-state index contributed by atoms with van der Waals surface area (Å²) in [5.41, 5.74) is 4.70. The van der Waals surface area contributed by atoms with Gasteiger partial charge in [-0.25, -0.2) is 9.59 Å². The molecule has 0 aromatic heterocycles. The van der Waals surface area contributed by atoms with Gasteiger partial charge in [-0.3, -0.25) is 5.32 Å². The van der Waals surface area contributed by atoms with Gasteiger partial charge in [-0.1, -0.05) is 48.5 Å². The molecular formula is C23H16N2O4. The standard InChI is InChI=1S/C23H16N2O4/c24-12-14-9-15(22(26)27)11-16(10-14)25-23(28)29-13-21-19-7-3-1-5-17(19)18-6-2-4-8-20(18)21/h1-11,21H,13H2,(H,25,28)(H,26,27). The first kappa shape index (κ1) is 18.3. The largest absolute Gasteiger partial charge is 0.478 e. The number of nitriles is 1. The molecule has 3 aromatic rings. The monoisotopic (exact) mass is 384 g/mol. The van der Waals surface area contributed by atoms with E-state index in [1.807, 2.05) is 42.5 Å². The number of carboxylic acid groups (broad SMARTS) is 1. The third-order valence-corrected chi connectivity index (χ3v) is 4.90. The van der Waals surface area contributed by atoms with Crippen LogP contribution in [0, 0.1) is 11.3 Å². The molecule has 0 fully saturated rings. The fraction of sp³-hybridized carbons (Fsp3) is 0.0870. The number of aromatic carboxylic acids is 1. The molecule has 6 nitrogen and oxygen atoms in total. The summed E-state index contributed by atoms with van der Waals surface area (Å²) in [6.07, 6.45) is -0.710. The van der Waals surface area contributed by atoms with E-state index in [1.165, 1.54) is 18.2 Å². The Balaban J connectivity index is 1.51. The van der Waals surface area contributed by atoms with E-state index in [0.29, 0.717) is 0 Å². The second-order valence-corrected chi connectivity index (χ2v) is 6.67. The molecule has 0 radical (unpaired) electrons. The van der Waals surface area contributed by atoms with Crippen LogP contribution in [0.2, 0.25) is 0 Å². The molecule has 29 heavy (non-hydrogen) atoms. The lowest BCUT2D eigenvalue weighted by Crippen LogP contribution is -2.18. The van der Waals surface area contributed by atoms with Crippen LogP contribution in [0.1, 0.15) is 33.0 Å². The van der Waals surface area contributed by atoms with Crippen molar-refractivity contribution in [1.82, 2.24) is 0 Å². The molecule has 6 heteroatoms. The second kappa shape index (κ2) is 7.49. The number of carboxylic acids is 1. The molecule has 1 aliphatic rings. The number of carbonyl (C=O) groups excluding carboxylic acids is 1. The number of carbonyl (C=O) groups is 2. The lowest BCUT2D eigenvalue weighted by Gasteiger charge is -2.15. The molecule has 0 saturated carbocycles. The number of hydrogen-bond acceptors (Lipinski definition) is 4. The van der Waals surface area contributed by atoms with E-state index in [0.717, 1.165) is 22.3 Å². The van der Waals surface area contributed by atoms with Crippen molar-refractivity contribution in [3.05, 3.63) is 89.0 Å². The lowest BCUT2D eigenvalue weighted by atomic mass is 9.98. The van der Waals surface area contributed by atoms with E-state index < -0.39 is 12.1 Å². The molecule has 142 valence electrons. The van der Waals surface area contributed by atoms with Gasteiger partial charge in [0.2, 0.25) is 0 Å². The number of nitrogens with one attached hydrogen (secondary N) is 1. The maximum Gasteiger partial charge on any atom is 0.411 e. The van der Waals surface area contributed by atoms with Gasteiger partial charge in [0.15, 0.2) is 0 Å². The summed E-state index contributed by atoms with van der Waals surface area (Å²) in [6.45, 7) is 0.142. The van der Waals surface area contributed by atoms with Crippen molar-refractivity contribution in [2.75, 3.05) is 11.9 Å². The topological polar surface area (TPSA) is 99.4 Å². The minimum atomic E-state index is -1.18. The Bertz CT molecular complexity index is 1120. The zero-order valence-corrected chi connectivity index (χ0v) is 15.3. The molecule has 0 bridgehead atoms. The van der Waals surface area contributed by atoms with E-state index in [2.05, 4.69) is 17.4 Å². The van der Waals surface area contributed by atoms with Crippen molar-refractivity contribution in [2.45, 2.75) is 5.92 Å². The van der Waals surface area contributed by atoms with E-state index in [9.17, 15) is 9.59 Å². The minimum Gasteiger partial charge on any atom is -0.478 e. The fourth-order valence-corrected chi connectivity index (χ4v) is 3.64. The average molecular weight is 384 g/mol. The number of amides is 1. The molecule has 4 rings (SSSR count). The highest BCUT2D eigenvalue weighted by Gasteiger charge is 2.29. The number of ether oxygens (including phenoxy) is 1. The van der Waals surface area contributed by atoms with Crippen molar-refractivity contribution < 1.29 is 19.4 Å². The molecule has 0 atom stereocenters. The van der Waals surface area contributed by atoms with E-state index >= 15 is 0 Å². The van der Waals surface area contributed by atoms with E-state index in [1.54, 1.807) is 0 Å². The summed E-state index contributed by atoms with van der Waals surface area (Å²) in [7, 11) is 0. The third kappa shape index (κ3) is 3.54. The Morgan fingerprint density at radius 2 is 1.62 bits per heavy atom. The molecule has 0 aliphatic heterocycles. The smallest absolute Gasteiger partial charge is 0.411 e. The van der Waals surface area contributed by atoms with E-state index in [4.69, 9.17) is 15.1 Å². The van der Waals surface area contributed by atoms with Gasteiger partial charge in [0.1, 0.15) is 6.61 Å². The minimum absolute atomic E-state index is 0.0758. The Labute approximate surface area is 167 Å². The summed E-state index contributed by atoms with van der Waals surface area (Å²) in [6, 6.07) is 21.8. The van der Waals surface area contributed by atoms with Crippen LogP contribution in [0.4, 0.5) is 10.5 Å². The van der Waals surface area contributed by atoms with Crippen molar-refractivity contribution in [2.24, 2.45) is 0 Å². The van der Waals surface area contributed by atoms with Gasteiger partial charge in [0, 0.05) is 11.6 Å². The number of anilines is 1. The molecule has 0 heterocycles. The first-order valence-electron chi connectivity index (χ1n) is 8.97. The fourth-order valence-electron chi connectivity index (χ4n) is 3.64. The number of hydrogen-bond donors (Lipinski definition) is 2. The highest BCUT2D eigenvalue weighted by molar-refractivity contribution is 5.92. The maximum absolute atomic E-state index is 12.3. The Hall–Kier alpha value is -4.11. The first-order chi connectivity index (χ1) is 14.1. The Morgan fingerprint density at radius 1 is 1.00 bits per heavy atom. The molecule has 0 unspecified atom stereocenters. The predicted molar refractivity (Wildman–Crippen MR) is 107 cm³/mol. The maximum atomic E-state index is 12.3. The highest BCUT2D eigenvalue weighted by atomic mass is 16.5. The van der Waals surface area contributed by atoms with Crippen LogP contribution in [0.3, 0.4) is 0 Å². The molecule has 3 aromatic carbocycles. The van der Waals surface area contributed by atoms with Crippen molar-refractivity contribution >= 4 is 17.7 Å². The highest BCUT2D eigenvalue weighted by Crippen LogP contribution is 2.44. The van der Waals surface area contributed by atoms with Gasteiger partial charge < -0.3 is 9.84 Å². The Morgan fingerprint density at radius 3 is 2.21 bits per heavy atom. The first-order valence-corrected chi connectivity index (χ1v) is 8.97. The van der Waals surface area contributed by atoms with Crippen LogP contribution < -0.4 is 5.32 Å². The molecule has 0 spiro atoms. The van der Waals surface area contributed by atoms with Crippen LogP contribution in [0.25, 0.3) is 11.1 Å². The van der Waals surface area contributed by atoms with Crippen LogP contribution >= 0.6 is 0 Å². The van der Waals surface area contributed by atoms with Gasteiger partial charge in [-0.15, -0.1) is 0 Å². The average Bonchev–Trinajstić information content (AvgIpc) is 3.06. The molecular weight excluding hydrogens is 368 g/mol. The van der Waals surface area contributed by atoms with Crippen molar-refractivity contribution in [3.63, 3.8) is 0 Å². The predicted octanol–water partition coefficient (Wildman–Crippen LogP) is 4.62. The van der Waals surface area contributed by atoms with Gasteiger partial charge in [0.05, 0.1) is 17.2 Å². The van der Waals surface area contributed by atoms with Gasteiger partial charge >= 0.3 is 12.1 Å². The number of nitrogens with zero attached hydrogens (tertiary/aromatic N) is 1. The summed E-state index contributed by atoms with van der Waals surface area (Å²) >= 11 is 0. The number of benzene rings is 3. The SMILES string of the molecule is N#Cc1cc(NC(=O)OCC2c3ccccc3-c3ccccc32)cc(C(=O)O)c1. The van der Waals surface area contributed by atoms with Crippen LogP contribution in [0.5, 0.6) is 0 Å². The molecule has 0 saturated heterocycles. The van der Waals surface area contributed by atoms with Crippen molar-refractivity contribution in [3.8, 4) is 17.2 Å². The zero-order chi connectivity index (χ0) is 20.4. The van der Waals surface area contributed by atoms with Crippen LogP contribution in [0.15, 0.2) is 66.7 Å². The van der Waals surface area contributed by atoms with Crippen molar-refractivity contribution in [1.29, 1.82) is 5.26 Å². The quantitative estimate of drug-likeness (QED) is 0.684. The molecule has 1 amide bonds. The van der Waals surface area contributed by atoms with Gasteiger partial charge in [-0.05, 0) is 40.5 Å². The summed E-state index contributed by atoms with van der Waals surface area (Å²) < 4.78 is 5.44. The van der Waals surface area contributed by atoms with Crippen LogP contribution in [-0.4, -0.2) is 23.8 Å².